The fourth-order valence-corrected chi connectivity index (χ4v) is 5.27. The molecule has 2 atom stereocenters. The van der Waals surface area contributed by atoms with Crippen LogP contribution in [0.15, 0.2) is 69.6 Å². The van der Waals surface area contributed by atoms with Gasteiger partial charge in [0, 0.05) is 0 Å². The Balaban J connectivity index is 1.88. The molecule has 2 heterocycles. The summed E-state index contributed by atoms with van der Waals surface area (Å²) in [7, 11) is 1.35. The summed E-state index contributed by atoms with van der Waals surface area (Å²) in [6.07, 6.45) is 3.30. The van der Waals surface area contributed by atoms with E-state index in [1.165, 1.54) is 18.4 Å². The van der Waals surface area contributed by atoms with E-state index in [0.717, 1.165) is 17.5 Å². The zero-order valence-corrected chi connectivity index (χ0v) is 22.6. The topological polar surface area (TPSA) is 79.1 Å². The average molecular weight is 521 g/mol. The third-order valence-electron chi connectivity index (χ3n) is 6.23. The first-order chi connectivity index (χ1) is 17.9. The van der Waals surface area contributed by atoms with Crippen molar-refractivity contribution in [2.75, 3.05) is 13.7 Å². The van der Waals surface area contributed by atoms with Crippen LogP contribution in [-0.4, -0.2) is 30.4 Å². The van der Waals surface area contributed by atoms with Gasteiger partial charge in [0.2, 0.25) is 0 Å². The van der Waals surface area contributed by atoms with Gasteiger partial charge in [-0.1, -0.05) is 61.6 Å². The quantitative estimate of drug-likeness (QED) is 0.392. The summed E-state index contributed by atoms with van der Waals surface area (Å²) in [6.45, 7) is 8.44. The molecule has 0 fully saturated rings. The third kappa shape index (κ3) is 5.39. The van der Waals surface area contributed by atoms with Crippen molar-refractivity contribution in [2.24, 2.45) is 4.99 Å². The van der Waals surface area contributed by atoms with Gasteiger partial charge in [0.15, 0.2) is 16.3 Å². The number of rotatable bonds is 9. The first-order valence-electron chi connectivity index (χ1n) is 12.5. The molecule has 1 aliphatic rings. The number of carbonyl (C=O) groups excluding carboxylic acids is 1. The fraction of sp³-hybridized carbons (Fsp3) is 0.345. The van der Waals surface area contributed by atoms with E-state index in [1.807, 2.05) is 75.4 Å². The first-order valence-corrected chi connectivity index (χ1v) is 13.3. The minimum Gasteiger partial charge on any atom is -0.490 e. The molecule has 0 saturated heterocycles. The number of benzene rings is 2. The molecule has 0 unspecified atom stereocenters. The van der Waals surface area contributed by atoms with Crippen LogP contribution < -0.4 is 24.4 Å². The van der Waals surface area contributed by atoms with Gasteiger partial charge >= 0.3 is 5.97 Å². The molecule has 7 nitrogen and oxygen atoms in total. The second-order valence-electron chi connectivity index (χ2n) is 8.67. The predicted octanol–water partition coefficient (Wildman–Crippen LogP) is 4.37. The van der Waals surface area contributed by atoms with Crippen molar-refractivity contribution in [1.29, 1.82) is 0 Å². The Hall–Kier alpha value is -3.65. The summed E-state index contributed by atoms with van der Waals surface area (Å²) in [5.41, 5.74) is 2.43. The Morgan fingerprint density at radius 3 is 2.54 bits per heavy atom. The second kappa shape index (κ2) is 11.6. The van der Waals surface area contributed by atoms with Crippen molar-refractivity contribution >= 4 is 23.4 Å². The summed E-state index contributed by atoms with van der Waals surface area (Å²) in [5.74, 6) is 0.823. The van der Waals surface area contributed by atoms with Gasteiger partial charge in [-0.3, -0.25) is 9.36 Å². The van der Waals surface area contributed by atoms with E-state index in [-0.39, 0.29) is 11.7 Å². The molecule has 0 spiro atoms. The monoisotopic (exact) mass is 520 g/mol. The molecule has 1 aromatic heterocycles. The van der Waals surface area contributed by atoms with Gasteiger partial charge in [-0.15, -0.1) is 0 Å². The molecule has 0 radical (unpaired) electrons. The van der Waals surface area contributed by atoms with E-state index >= 15 is 0 Å². The molecule has 0 bridgehead atoms. The van der Waals surface area contributed by atoms with Crippen LogP contribution in [0.2, 0.25) is 0 Å². The predicted molar refractivity (Wildman–Crippen MR) is 145 cm³/mol. The van der Waals surface area contributed by atoms with Crippen LogP contribution in [0.4, 0.5) is 0 Å². The molecular formula is C29H32N2O5S. The van der Waals surface area contributed by atoms with E-state index in [2.05, 4.69) is 6.92 Å². The van der Waals surface area contributed by atoms with Crippen LogP contribution in [-0.2, 0) is 9.53 Å². The molecule has 0 amide bonds. The Morgan fingerprint density at radius 1 is 1.14 bits per heavy atom. The number of esters is 1. The molecule has 3 aromatic rings. The minimum absolute atomic E-state index is 0.0588. The van der Waals surface area contributed by atoms with Crippen molar-refractivity contribution in [2.45, 2.75) is 52.7 Å². The molecule has 4 rings (SSSR count). The number of methoxy groups -OCH3 is 1. The van der Waals surface area contributed by atoms with Crippen LogP contribution >= 0.6 is 11.3 Å². The van der Waals surface area contributed by atoms with Crippen molar-refractivity contribution in [3.63, 3.8) is 0 Å². The summed E-state index contributed by atoms with van der Waals surface area (Å²) in [6, 6.07) is 14.6. The highest BCUT2D eigenvalue weighted by atomic mass is 32.1. The SMILES string of the molecule is CCOc1cc(/C=c2\sc3n(c2=O)[C@@H](c2ccccc2)C(C(=O)OC)=C(CC)N=3)ccc1O[C@@H](C)CC. The molecule has 194 valence electrons. The summed E-state index contributed by atoms with van der Waals surface area (Å²) >= 11 is 1.30. The summed E-state index contributed by atoms with van der Waals surface area (Å²) < 4.78 is 19.1. The van der Waals surface area contributed by atoms with Crippen LogP contribution in [0.3, 0.4) is 0 Å². The van der Waals surface area contributed by atoms with Crippen LogP contribution in [0.5, 0.6) is 11.5 Å². The van der Waals surface area contributed by atoms with Gasteiger partial charge in [-0.25, -0.2) is 9.79 Å². The molecule has 0 N–H and O–H groups in total. The standard InChI is InChI=1S/C29H32N2O5S/c1-6-18(4)36-22-15-14-19(16-23(22)35-8-3)17-24-27(32)31-26(20-12-10-9-11-13-20)25(28(33)34-5)21(7-2)30-29(31)37-24/h9-18,26H,6-8H2,1-5H3/b24-17-/t18-,26-/m0/s1. The van der Waals surface area contributed by atoms with E-state index in [0.29, 0.717) is 45.1 Å². The zero-order valence-electron chi connectivity index (χ0n) is 21.8. The zero-order chi connectivity index (χ0) is 26.5. The normalized spacial score (nSPS) is 16.1. The van der Waals surface area contributed by atoms with E-state index < -0.39 is 12.0 Å². The molecule has 0 aliphatic carbocycles. The van der Waals surface area contributed by atoms with Crippen LogP contribution in [0, 0.1) is 0 Å². The van der Waals surface area contributed by atoms with E-state index in [9.17, 15) is 9.59 Å². The molecule has 1 aliphatic heterocycles. The minimum atomic E-state index is -0.618. The number of aromatic nitrogens is 1. The lowest BCUT2D eigenvalue weighted by molar-refractivity contribution is -0.136. The van der Waals surface area contributed by atoms with Crippen molar-refractivity contribution < 1.29 is 19.0 Å². The van der Waals surface area contributed by atoms with E-state index in [4.69, 9.17) is 19.2 Å². The van der Waals surface area contributed by atoms with Gasteiger partial charge in [0.1, 0.15) is 0 Å². The maximum atomic E-state index is 13.8. The molecular weight excluding hydrogens is 488 g/mol. The highest BCUT2D eigenvalue weighted by Gasteiger charge is 2.33. The number of thiazole rings is 1. The van der Waals surface area contributed by atoms with Crippen LogP contribution in [0.1, 0.15) is 57.7 Å². The van der Waals surface area contributed by atoms with E-state index in [1.54, 1.807) is 4.57 Å². The van der Waals surface area contributed by atoms with Gasteiger partial charge < -0.3 is 14.2 Å². The van der Waals surface area contributed by atoms with Gasteiger partial charge in [-0.2, -0.15) is 0 Å². The number of fused-ring (bicyclic) bond motifs is 1. The lowest BCUT2D eigenvalue weighted by Gasteiger charge is -2.25. The second-order valence-corrected chi connectivity index (χ2v) is 9.68. The highest BCUT2D eigenvalue weighted by molar-refractivity contribution is 7.07. The van der Waals surface area contributed by atoms with Crippen molar-refractivity contribution in [3.8, 4) is 11.5 Å². The molecule has 0 saturated carbocycles. The number of hydrogen-bond acceptors (Lipinski definition) is 7. The summed E-state index contributed by atoms with van der Waals surface area (Å²) in [4.78, 5) is 31.9. The lowest BCUT2D eigenvalue weighted by Crippen LogP contribution is -2.40. The Morgan fingerprint density at radius 2 is 1.89 bits per heavy atom. The number of hydrogen-bond donors (Lipinski definition) is 0. The maximum Gasteiger partial charge on any atom is 0.338 e. The molecule has 2 aromatic carbocycles. The van der Waals surface area contributed by atoms with Gasteiger partial charge in [0.25, 0.3) is 5.56 Å². The van der Waals surface area contributed by atoms with Crippen molar-refractivity contribution in [1.82, 2.24) is 4.57 Å². The Labute approximate surface area is 220 Å². The maximum absolute atomic E-state index is 13.8. The third-order valence-corrected chi connectivity index (χ3v) is 7.22. The lowest BCUT2D eigenvalue weighted by atomic mass is 9.95. The fourth-order valence-electron chi connectivity index (χ4n) is 4.25. The molecule has 8 heteroatoms. The number of carbonyl (C=O) groups is 1. The summed E-state index contributed by atoms with van der Waals surface area (Å²) in [5, 5.41) is 0. The average Bonchev–Trinajstić information content (AvgIpc) is 3.23. The first kappa shape index (κ1) is 26.4. The molecule has 37 heavy (non-hydrogen) atoms. The smallest absolute Gasteiger partial charge is 0.338 e. The number of ether oxygens (including phenoxy) is 3. The number of allylic oxidation sites excluding steroid dienone is 1. The van der Waals surface area contributed by atoms with Crippen molar-refractivity contribution in [3.05, 3.63) is 90.6 Å². The largest absolute Gasteiger partial charge is 0.490 e. The Kier molecular flexibility index (Phi) is 8.28. The van der Waals surface area contributed by atoms with Crippen LogP contribution in [0.25, 0.3) is 6.08 Å². The number of nitrogens with zero attached hydrogens (tertiary/aromatic N) is 2. The van der Waals surface area contributed by atoms with Gasteiger partial charge in [0.05, 0.1) is 41.7 Å². The van der Waals surface area contributed by atoms with Gasteiger partial charge in [-0.05, 0) is 56.0 Å². The Bertz CT molecular complexity index is 1490. The highest BCUT2D eigenvalue weighted by Crippen LogP contribution is 2.32.